The number of nitrogens with one attached hydrogen (secondary N) is 2. The summed E-state index contributed by atoms with van der Waals surface area (Å²) in [6, 6.07) is 7.97. The zero-order valence-electron chi connectivity index (χ0n) is 10.9. The number of hydrogen-bond donors (Lipinski definition) is 3. The van der Waals surface area contributed by atoms with E-state index in [1.807, 2.05) is 12.1 Å². The summed E-state index contributed by atoms with van der Waals surface area (Å²) in [4.78, 5) is 4.37. The first-order chi connectivity index (χ1) is 9.33. The van der Waals surface area contributed by atoms with Crippen LogP contribution in [-0.4, -0.2) is 29.2 Å². The maximum Gasteiger partial charge on any atom is 0.133 e. The van der Waals surface area contributed by atoms with Crippen LogP contribution in [0.4, 0.5) is 5.82 Å². The van der Waals surface area contributed by atoms with E-state index in [9.17, 15) is 5.11 Å². The third kappa shape index (κ3) is 2.79. The lowest BCUT2D eigenvalue weighted by atomic mass is 10.1. The average molecular weight is 257 g/mol. The average Bonchev–Trinajstić information content (AvgIpc) is 2.92. The van der Waals surface area contributed by atoms with Gasteiger partial charge in [-0.2, -0.15) is 0 Å². The van der Waals surface area contributed by atoms with Crippen molar-refractivity contribution in [2.75, 3.05) is 18.4 Å². The molecule has 100 valence electrons. The molecule has 4 heteroatoms. The quantitative estimate of drug-likeness (QED) is 0.787. The molecule has 4 nitrogen and oxygen atoms in total. The largest absolute Gasteiger partial charge is 0.508 e. The molecule has 0 amide bonds. The highest BCUT2D eigenvalue weighted by Crippen LogP contribution is 2.25. The van der Waals surface area contributed by atoms with Crippen LogP contribution in [-0.2, 0) is 0 Å². The van der Waals surface area contributed by atoms with Crippen molar-refractivity contribution in [1.82, 2.24) is 10.3 Å². The Hall–Kier alpha value is -1.81. The predicted octanol–water partition coefficient (Wildman–Crippen LogP) is 2.49. The third-order valence-electron chi connectivity index (χ3n) is 3.70. The highest BCUT2D eigenvalue weighted by Gasteiger charge is 2.13. The molecule has 2 aromatic rings. The number of phenols is 1. The molecule has 1 atom stereocenters. The van der Waals surface area contributed by atoms with Crippen molar-refractivity contribution >= 4 is 16.6 Å². The summed E-state index contributed by atoms with van der Waals surface area (Å²) >= 11 is 0. The highest BCUT2D eigenvalue weighted by atomic mass is 16.3. The smallest absolute Gasteiger partial charge is 0.133 e. The van der Waals surface area contributed by atoms with Gasteiger partial charge in [-0.3, -0.25) is 0 Å². The Morgan fingerprint density at radius 2 is 2.32 bits per heavy atom. The van der Waals surface area contributed by atoms with Gasteiger partial charge in [-0.25, -0.2) is 4.98 Å². The number of rotatable bonds is 4. The van der Waals surface area contributed by atoms with Gasteiger partial charge in [-0.15, -0.1) is 0 Å². The topological polar surface area (TPSA) is 57.2 Å². The Labute approximate surface area is 112 Å². The van der Waals surface area contributed by atoms with Gasteiger partial charge in [0.1, 0.15) is 11.6 Å². The van der Waals surface area contributed by atoms with Gasteiger partial charge < -0.3 is 15.7 Å². The Morgan fingerprint density at radius 3 is 3.16 bits per heavy atom. The van der Waals surface area contributed by atoms with Gasteiger partial charge in [-0.1, -0.05) is 6.07 Å². The molecule has 3 N–H and O–H groups in total. The van der Waals surface area contributed by atoms with Crippen LogP contribution >= 0.6 is 0 Å². The third-order valence-corrected chi connectivity index (χ3v) is 3.70. The number of phenolic OH excluding ortho intramolecular Hbond substituents is 1. The first kappa shape index (κ1) is 12.2. The summed E-state index contributed by atoms with van der Waals surface area (Å²) < 4.78 is 0. The van der Waals surface area contributed by atoms with Gasteiger partial charge in [0.25, 0.3) is 0 Å². The number of anilines is 1. The minimum atomic E-state index is 0.279. The number of hydrogen-bond acceptors (Lipinski definition) is 4. The zero-order chi connectivity index (χ0) is 13.1. The molecule has 19 heavy (non-hydrogen) atoms. The van der Waals surface area contributed by atoms with E-state index in [1.54, 1.807) is 18.3 Å². The second-order valence-electron chi connectivity index (χ2n) is 5.07. The fourth-order valence-electron chi connectivity index (χ4n) is 2.67. The number of nitrogens with zero attached hydrogens (tertiary/aromatic N) is 1. The SMILES string of the molecule is Oc1ccc2ccnc(NCCC3CCCN3)c2c1. The van der Waals surface area contributed by atoms with Crippen molar-refractivity contribution < 1.29 is 5.11 Å². The molecule has 1 aromatic carbocycles. The van der Waals surface area contributed by atoms with Crippen LogP contribution in [0.5, 0.6) is 5.75 Å². The minimum absolute atomic E-state index is 0.279. The number of aromatic nitrogens is 1. The summed E-state index contributed by atoms with van der Waals surface area (Å²) in [5.74, 6) is 1.13. The maximum atomic E-state index is 9.59. The lowest BCUT2D eigenvalue weighted by molar-refractivity contribution is 0.476. The van der Waals surface area contributed by atoms with Crippen LogP contribution in [0.1, 0.15) is 19.3 Å². The molecule has 0 spiro atoms. The van der Waals surface area contributed by atoms with E-state index in [-0.39, 0.29) is 5.75 Å². The molecular weight excluding hydrogens is 238 g/mol. The monoisotopic (exact) mass is 257 g/mol. The van der Waals surface area contributed by atoms with Crippen LogP contribution in [0.2, 0.25) is 0 Å². The molecule has 1 aromatic heterocycles. The minimum Gasteiger partial charge on any atom is -0.508 e. The van der Waals surface area contributed by atoms with E-state index in [0.717, 1.165) is 36.1 Å². The Morgan fingerprint density at radius 1 is 1.37 bits per heavy atom. The van der Waals surface area contributed by atoms with Crippen LogP contribution in [0.25, 0.3) is 10.8 Å². The van der Waals surface area contributed by atoms with Crippen LogP contribution < -0.4 is 10.6 Å². The first-order valence-electron chi connectivity index (χ1n) is 6.88. The molecular formula is C15H19N3O. The van der Waals surface area contributed by atoms with Crippen molar-refractivity contribution in [1.29, 1.82) is 0 Å². The summed E-state index contributed by atoms with van der Waals surface area (Å²) in [7, 11) is 0. The number of aromatic hydroxyl groups is 1. The predicted molar refractivity (Wildman–Crippen MR) is 77.5 cm³/mol. The van der Waals surface area contributed by atoms with E-state index in [1.165, 1.54) is 12.8 Å². The van der Waals surface area contributed by atoms with Gasteiger partial charge in [0, 0.05) is 24.2 Å². The normalized spacial score (nSPS) is 18.8. The van der Waals surface area contributed by atoms with Crippen molar-refractivity contribution in [2.45, 2.75) is 25.3 Å². The van der Waals surface area contributed by atoms with Gasteiger partial charge in [0.05, 0.1) is 0 Å². The molecule has 3 rings (SSSR count). The fraction of sp³-hybridized carbons (Fsp3) is 0.400. The molecule has 0 bridgehead atoms. The van der Waals surface area contributed by atoms with Crippen molar-refractivity contribution in [2.24, 2.45) is 0 Å². The molecule has 1 aliphatic heterocycles. The van der Waals surface area contributed by atoms with E-state index in [4.69, 9.17) is 0 Å². The van der Waals surface area contributed by atoms with Crippen molar-refractivity contribution in [3.05, 3.63) is 30.5 Å². The molecule has 1 saturated heterocycles. The molecule has 1 aliphatic rings. The standard InChI is InChI=1S/C15H19N3O/c19-13-4-3-11-5-8-17-15(14(11)10-13)18-9-6-12-2-1-7-16-12/h3-5,8,10,12,16,19H,1-2,6-7,9H2,(H,17,18). The molecule has 0 saturated carbocycles. The summed E-state index contributed by atoms with van der Waals surface area (Å²) in [5.41, 5.74) is 0. The molecule has 2 heterocycles. The maximum absolute atomic E-state index is 9.59. The van der Waals surface area contributed by atoms with Gasteiger partial charge in [-0.05, 0) is 49.4 Å². The van der Waals surface area contributed by atoms with E-state index < -0.39 is 0 Å². The fourth-order valence-corrected chi connectivity index (χ4v) is 2.67. The number of benzene rings is 1. The second-order valence-corrected chi connectivity index (χ2v) is 5.07. The highest BCUT2D eigenvalue weighted by molar-refractivity contribution is 5.92. The molecule has 0 radical (unpaired) electrons. The lowest BCUT2D eigenvalue weighted by Gasteiger charge is -2.12. The second kappa shape index (κ2) is 5.45. The summed E-state index contributed by atoms with van der Waals surface area (Å²) in [6.07, 6.45) is 5.46. The zero-order valence-corrected chi connectivity index (χ0v) is 10.9. The molecule has 0 aliphatic carbocycles. The molecule has 1 unspecified atom stereocenters. The first-order valence-corrected chi connectivity index (χ1v) is 6.88. The lowest BCUT2D eigenvalue weighted by Crippen LogP contribution is -2.24. The van der Waals surface area contributed by atoms with Crippen LogP contribution in [0.15, 0.2) is 30.5 Å². The van der Waals surface area contributed by atoms with E-state index in [2.05, 4.69) is 15.6 Å². The van der Waals surface area contributed by atoms with E-state index in [0.29, 0.717) is 6.04 Å². The van der Waals surface area contributed by atoms with E-state index >= 15 is 0 Å². The van der Waals surface area contributed by atoms with Gasteiger partial charge in [0.2, 0.25) is 0 Å². The molecule has 1 fully saturated rings. The van der Waals surface area contributed by atoms with Crippen LogP contribution in [0.3, 0.4) is 0 Å². The van der Waals surface area contributed by atoms with Crippen LogP contribution in [0, 0.1) is 0 Å². The number of fused-ring (bicyclic) bond motifs is 1. The van der Waals surface area contributed by atoms with Gasteiger partial charge in [0.15, 0.2) is 0 Å². The van der Waals surface area contributed by atoms with Crippen molar-refractivity contribution in [3.63, 3.8) is 0 Å². The number of pyridine rings is 1. The summed E-state index contributed by atoms with van der Waals surface area (Å²) in [6.45, 7) is 2.05. The Balaban J connectivity index is 1.71. The van der Waals surface area contributed by atoms with Gasteiger partial charge >= 0.3 is 0 Å². The Kier molecular flexibility index (Phi) is 3.51. The Bertz CT molecular complexity index is 564. The van der Waals surface area contributed by atoms with Crippen molar-refractivity contribution in [3.8, 4) is 5.75 Å². The summed E-state index contributed by atoms with van der Waals surface area (Å²) in [5, 5.41) is 18.5.